The predicted octanol–water partition coefficient (Wildman–Crippen LogP) is 9.77. The molecule has 6 amide bonds. The average Bonchev–Trinajstić information content (AvgIpc) is 3.46. The maximum absolute atomic E-state index is 13.3. The first kappa shape index (κ1) is 55.4. The maximum Gasteiger partial charge on any atom is 0.330 e. The fourth-order valence-corrected chi connectivity index (χ4v) is 9.37. The van der Waals surface area contributed by atoms with Crippen LogP contribution < -0.4 is 21.3 Å². The van der Waals surface area contributed by atoms with Gasteiger partial charge < -0.3 is 40.9 Å². The van der Waals surface area contributed by atoms with Crippen molar-refractivity contribution in [2.45, 2.75) is 69.9 Å². The molecule has 2 aliphatic heterocycles. The summed E-state index contributed by atoms with van der Waals surface area (Å²) >= 11 is 0. The van der Waals surface area contributed by atoms with E-state index in [0.717, 1.165) is 36.8 Å². The first-order valence-corrected chi connectivity index (χ1v) is 25.2. The van der Waals surface area contributed by atoms with Crippen molar-refractivity contribution in [3.63, 3.8) is 0 Å². The molecule has 6 aromatic carbocycles. The van der Waals surface area contributed by atoms with Crippen LogP contribution in [0.25, 0.3) is 0 Å². The Labute approximate surface area is 446 Å². The lowest BCUT2D eigenvalue weighted by Gasteiger charge is -2.32. The zero-order chi connectivity index (χ0) is 55.0. The normalized spacial score (nSPS) is 14.2. The second-order valence-electron chi connectivity index (χ2n) is 18.9. The summed E-state index contributed by atoms with van der Waals surface area (Å²) < 4.78 is 18.1. The van der Waals surface area contributed by atoms with Gasteiger partial charge in [0.05, 0.1) is 30.4 Å². The van der Waals surface area contributed by atoms with E-state index in [1.807, 2.05) is 65.3 Å². The summed E-state index contributed by atoms with van der Waals surface area (Å²) in [4.78, 5) is 79.6. The van der Waals surface area contributed by atoms with Gasteiger partial charge in [-0.2, -0.15) is 10.5 Å². The monoisotopic (exact) mass is 1040 g/mol. The molecular weight excluding hydrogens is 980 g/mol. The number of ether oxygens (including phenoxy) is 1. The number of amides is 6. The van der Waals surface area contributed by atoms with Crippen molar-refractivity contribution < 1.29 is 43.0 Å². The van der Waals surface area contributed by atoms with Crippen molar-refractivity contribution in [2.24, 2.45) is 0 Å². The molecular formula is C60H59FN8O8. The number of esters is 1. The largest absolute Gasteiger partial charge is 0.479 e. The van der Waals surface area contributed by atoms with Crippen LogP contribution in [-0.4, -0.2) is 90.1 Å². The molecule has 0 aliphatic carbocycles. The van der Waals surface area contributed by atoms with E-state index in [-0.39, 0.29) is 18.2 Å². The van der Waals surface area contributed by atoms with E-state index in [4.69, 9.17) is 15.3 Å². The van der Waals surface area contributed by atoms with Crippen molar-refractivity contribution in [2.75, 3.05) is 43.9 Å². The second-order valence-corrected chi connectivity index (χ2v) is 18.9. The Morgan fingerprint density at radius 2 is 1.06 bits per heavy atom. The minimum Gasteiger partial charge on any atom is -0.479 e. The van der Waals surface area contributed by atoms with E-state index in [0.29, 0.717) is 82.8 Å². The summed E-state index contributed by atoms with van der Waals surface area (Å²) in [7, 11) is 1.23. The van der Waals surface area contributed by atoms with Crippen LogP contribution in [0.2, 0.25) is 0 Å². The van der Waals surface area contributed by atoms with E-state index >= 15 is 0 Å². The number of carbonyl (C=O) groups excluding carboxylic acids is 5. The first-order valence-electron chi connectivity index (χ1n) is 25.2. The van der Waals surface area contributed by atoms with Gasteiger partial charge in [0.2, 0.25) is 0 Å². The number of piperidine rings is 2. The van der Waals surface area contributed by atoms with Crippen LogP contribution in [0.3, 0.4) is 0 Å². The van der Waals surface area contributed by atoms with Crippen molar-refractivity contribution in [3.8, 4) is 12.1 Å². The molecule has 0 radical (unpaired) electrons. The van der Waals surface area contributed by atoms with Gasteiger partial charge in [-0.25, -0.2) is 23.6 Å². The molecule has 16 nitrogen and oxygen atoms in total. The minimum absolute atomic E-state index is 0.116. The third-order valence-corrected chi connectivity index (χ3v) is 13.9. The van der Waals surface area contributed by atoms with E-state index in [1.165, 1.54) is 42.5 Å². The van der Waals surface area contributed by atoms with Gasteiger partial charge in [-0.1, -0.05) is 78.9 Å². The molecule has 2 heterocycles. The van der Waals surface area contributed by atoms with E-state index in [9.17, 15) is 38.3 Å². The Balaban J connectivity index is 0.000000224. The number of urea groups is 2. The van der Waals surface area contributed by atoms with Crippen LogP contribution in [0, 0.1) is 42.3 Å². The lowest BCUT2D eigenvalue weighted by atomic mass is 9.89. The number of carboxylic acid groups (broad SMARTS) is 1. The third kappa shape index (κ3) is 14.9. The Bertz CT molecular complexity index is 3160. The molecule has 394 valence electrons. The SMILES string of the molecule is COC(=O)C(Cc1ccc(F)cc1)NC(=O)Nc1cc(C(=O)N2CCC(c3ccc(C#N)cc3)CC2)ccc1C.Cc1ccc(C(=O)N2CCC(c3ccc(C#N)cc3)CC2)cc1NC(=O)N[C@H](C(=O)O)c1ccccc1. The second kappa shape index (κ2) is 26.2. The molecule has 5 N–H and O–H groups in total. The highest BCUT2D eigenvalue weighted by Gasteiger charge is 2.28. The quantitative estimate of drug-likeness (QED) is 0.0687. The Hall–Kier alpha value is -9.35. The van der Waals surface area contributed by atoms with Gasteiger partial charge in [-0.05, 0) is 145 Å². The summed E-state index contributed by atoms with van der Waals surface area (Å²) in [6.07, 6.45) is 3.41. The summed E-state index contributed by atoms with van der Waals surface area (Å²) in [6, 6.07) is 40.3. The van der Waals surface area contributed by atoms with Crippen molar-refractivity contribution in [3.05, 3.63) is 201 Å². The Morgan fingerprint density at radius 3 is 1.48 bits per heavy atom. The molecule has 2 fully saturated rings. The summed E-state index contributed by atoms with van der Waals surface area (Å²) in [5.41, 5.74) is 8.00. The molecule has 1 unspecified atom stereocenters. The van der Waals surface area contributed by atoms with Crippen LogP contribution >= 0.6 is 0 Å². The van der Waals surface area contributed by atoms with Gasteiger partial charge in [-0.15, -0.1) is 0 Å². The van der Waals surface area contributed by atoms with Gasteiger partial charge in [0.25, 0.3) is 11.8 Å². The molecule has 0 bridgehead atoms. The summed E-state index contributed by atoms with van der Waals surface area (Å²) in [5.74, 6) is -1.78. The first-order chi connectivity index (χ1) is 37.1. The number of benzene rings is 6. The minimum atomic E-state index is -1.20. The van der Waals surface area contributed by atoms with Crippen molar-refractivity contribution in [1.29, 1.82) is 10.5 Å². The molecule has 2 atom stereocenters. The molecule has 0 spiro atoms. The number of anilines is 2. The van der Waals surface area contributed by atoms with Crippen molar-refractivity contribution >= 4 is 47.2 Å². The number of carboxylic acids is 1. The third-order valence-electron chi connectivity index (χ3n) is 13.9. The molecule has 6 aromatic rings. The molecule has 0 aromatic heterocycles. The van der Waals surface area contributed by atoms with Crippen molar-refractivity contribution in [1.82, 2.24) is 20.4 Å². The summed E-state index contributed by atoms with van der Waals surface area (Å²) in [5, 5.41) is 38.1. The summed E-state index contributed by atoms with van der Waals surface area (Å²) in [6.45, 7) is 6.04. The number of hydrogen-bond acceptors (Lipinski definition) is 9. The van der Waals surface area contributed by atoms with E-state index in [1.54, 1.807) is 73.7 Å². The van der Waals surface area contributed by atoms with Gasteiger partial charge >= 0.3 is 24.0 Å². The Kier molecular flexibility index (Phi) is 18.9. The Morgan fingerprint density at radius 1 is 0.623 bits per heavy atom. The highest BCUT2D eigenvalue weighted by molar-refractivity contribution is 5.99. The van der Waals surface area contributed by atoms with Gasteiger partial charge in [0, 0.05) is 55.1 Å². The smallest absolute Gasteiger partial charge is 0.330 e. The van der Waals surface area contributed by atoms with Gasteiger partial charge in [0.15, 0.2) is 6.04 Å². The van der Waals surface area contributed by atoms with Gasteiger partial charge in [0.1, 0.15) is 11.9 Å². The highest BCUT2D eigenvalue weighted by Crippen LogP contribution is 2.31. The molecule has 2 saturated heterocycles. The molecule has 2 aliphatic rings. The van der Waals surface area contributed by atoms with Crippen LogP contribution in [0.4, 0.5) is 25.4 Å². The van der Waals surface area contributed by atoms with E-state index < -0.39 is 41.9 Å². The maximum atomic E-state index is 13.3. The van der Waals surface area contributed by atoms with E-state index in [2.05, 4.69) is 33.4 Å². The number of hydrogen-bond donors (Lipinski definition) is 5. The van der Waals surface area contributed by atoms with Crippen LogP contribution in [-0.2, 0) is 20.7 Å². The fourth-order valence-electron chi connectivity index (χ4n) is 9.37. The topological polar surface area (TPSA) is 234 Å². The lowest BCUT2D eigenvalue weighted by molar-refractivity contribution is -0.143. The molecule has 17 heteroatoms. The number of aryl methyl sites for hydroxylation is 2. The number of rotatable bonds is 13. The molecule has 77 heavy (non-hydrogen) atoms. The number of nitrogens with one attached hydrogen (secondary N) is 4. The zero-order valence-electron chi connectivity index (χ0n) is 42.9. The number of carbonyl (C=O) groups is 6. The number of aliphatic carboxylic acids is 1. The average molecular weight is 1040 g/mol. The van der Waals surface area contributed by atoms with Crippen LogP contribution in [0.1, 0.15) is 109 Å². The fraction of sp³-hybridized carbons (Fsp3) is 0.267. The zero-order valence-corrected chi connectivity index (χ0v) is 42.9. The number of likely N-dealkylation sites (tertiary alicyclic amines) is 2. The van der Waals surface area contributed by atoms with Crippen LogP contribution in [0.5, 0.6) is 0 Å². The predicted molar refractivity (Wildman–Crippen MR) is 287 cm³/mol. The number of halogens is 1. The molecule has 8 rings (SSSR count). The molecule has 0 saturated carbocycles. The standard InChI is InChI=1S/C31H31FN4O4.C29H28N4O4/c1-20-3-8-25(29(37)36-15-13-24(14-16-36)23-9-4-22(19-33)5-10-23)18-27(20)34-31(39)35-28(30(38)40-2)17-21-6-11-26(32)12-7-21;1-19-7-10-24(17-25(19)31-29(37)32-26(28(35)36)23-5-3-2-4-6-23)27(34)33-15-13-22(14-16-33)21-11-8-20(18-30)9-12-21/h3-12,18,24,28H,13-17H2,1-2H3,(H2,34,35,39);2-12,17,22,26H,13-16H2,1H3,(H,35,36)(H2,31,32,37)/t;26-/m.0/s1. The number of methoxy groups -OCH3 is 1. The lowest BCUT2D eigenvalue weighted by Crippen LogP contribution is -2.45. The number of nitrogens with zero attached hydrogens (tertiary/aromatic N) is 4. The van der Waals surface area contributed by atoms with Gasteiger partial charge in [-0.3, -0.25) is 9.59 Å². The number of nitriles is 2. The van der Waals surface area contributed by atoms with Crippen LogP contribution in [0.15, 0.2) is 140 Å². The highest BCUT2D eigenvalue weighted by atomic mass is 19.1.